The van der Waals surface area contributed by atoms with Gasteiger partial charge in [-0.3, -0.25) is 19.7 Å². The Morgan fingerprint density at radius 1 is 1.08 bits per heavy atom. The van der Waals surface area contributed by atoms with Gasteiger partial charge in [0.1, 0.15) is 16.7 Å². The third-order valence-corrected chi connectivity index (χ3v) is 7.58. The lowest BCUT2D eigenvalue weighted by molar-refractivity contribution is -0.131. The highest BCUT2D eigenvalue weighted by Crippen LogP contribution is 2.30. The number of nitrogens with one attached hydrogen (secondary N) is 1. The number of amides is 2. The molecule has 13 heteroatoms. The molecule has 3 rings (SSSR count). The fraction of sp³-hybridized carbons (Fsp3) is 0.440. The van der Waals surface area contributed by atoms with Crippen LogP contribution in [0.25, 0.3) is 0 Å². The summed E-state index contributed by atoms with van der Waals surface area (Å²) in [5, 5.41) is 8.95. The van der Waals surface area contributed by atoms with Crippen LogP contribution in [-0.2, 0) is 20.6 Å². The lowest BCUT2D eigenvalue weighted by Gasteiger charge is -2.33. The molecule has 1 heterocycles. The van der Waals surface area contributed by atoms with Crippen molar-refractivity contribution < 1.29 is 32.5 Å². The Kier molecular flexibility index (Phi) is 10.7. The van der Waals surface area contributed by atoms with Gasteiger partial charge in [-0.05, 0) is 38.2 Å². The maximum absolute atomic E-state index is 14.8. The third-order valence-electron chi connectivity index (χ3n) is 6.16. The van der Waals surface area contributed by atoms with Gasteiger partial charge < -0.3 is 14.5 Å². The van der Waals surface area contributed by atoms with Crippen molar-refractivity contribution in [2.45, 2.75) is 11.8 Å². The molecule has 1 atom stereocenters. The molecule has 1 unspecified atom stereocenters. The number of aryl methyl sites for hydroxylation is 1. The number of likely N-dealkylation sites (N-methyl/N-ethyl adjacent to an activating group) is 2. The number of ether oxygens (including phenoxy) is 1. The van der Waals surface area contributed by atoms with E-state index < -0.39 is 40.8 Å². The second-order valence-electron chi connectivity index (χ2n) is 9.17. The van der Waals surface area contributed by atoms with Gasteiger partial charge in [0.15, 0.2) is 17.4 Å². The minimum atomic E-state index is -2.19. The zero-order valence-electron chi connectivity index (χ0n) is 21.7. The maximum Gasteiger partial charge on any atom is 0.258 e. The number of carbonyl (C=O) groups excluding carboxylic acids is 2. The van der Waals surface area contributed by atoms with Crippen molar-refractivity contribution in [1.29, 1.82) is 0 Å². The topological polar surface area (TPSA) is 106 Å². The molecular weight excluding hydrogens is 520 g/mol. The Morgan fingerprint density at radius 3 is 2.26 bits per heavy atom. The predicted molar refractivity (Wildman–Crippen MR) is 137 cm³/mol. The smallest absolute Gasteiger partial charge is 0.258 e. The first-order chi connectivity index (χ1) is 18.1. The molecule has 10 nitrogen and oxygen atoms in total. The standard InChI is InChI=1S/C25H33F2N5O5S/c1-18-4-6-19(7-5-18)37-25-21(26)14-20(15-22(25)27)38(36)32(16-23(33)28-35)13-10-30(3)24(34)17-31-11-8-29(2)9-12-31/h4-7,14-15,35H,8-13,16-17H2,1-3H3,(H,28,33). The van der Waals surface area contributed by atoms with E-state index >= 15 is 0 Å². The van der Waals surface area contributed by atoms with Crippen LogP contribution in [0, 0.1) is 18.6 Å². The van der Waals surface area contributed by atoms with Crippen LogP contribution < -0.4 is 10.2 Å². The highest BCUT2D eigenvalue weighted by atomic mass is 32.2. The van der Waals surface area contributed by atoms with Crippen molar-refractivity contribution in [2.75, 3.05) is 66.5 Å². The molecule has 2 amide bonds. The van der Waals surface area contributed by atoms with Crippen molar-refractivity contribution >= 4 is 22.8 Å². The van der Waals surface area contributed by atoms with Crippen molar-refractivity contribution in [1.82, 2.24) is 24.5 Å². The highest BCUT2D eigenvalue weighted by Gasteiger charge is 2.24. The molecule has 0 aliphatic carbocycles. The van der Waals surface area contributed by atoms with Gasteiger partial charge in [0, 0.05) is 46.3 Å². The summed E-state index contributed by atoms with van der Waals surface area (Å²) in [5.74, 6) is -3.58. The van der Waals surface area contributed by atoms with Crippen LogP contribution in [0.2, 0.25) is 0 Å². The summed E-state index contributed by atoms with van der Waals surface area (Å²) in [6.45, 7) is 4.85. The summed E-state index contributed by atoms with van der Waals surface area (Å²) in [4.78, 5) is 29.9. The molecule has 208 valence electrons. The van der Waals surface area contributed by atoms with E-state index in [1.807, 2.05) is 18.9 Å². The van der Waals surface area contributed by atoms with Gasteiger partial charge in [0.05, 0.1) is 18.0 Å². The molecular formula is C25H33F2N5O5S. The monoisotopic (exact) mass is 553 g/mol. The van der Waals surface area contributed by atoms with Crippen LogP contribution in [0.5, 0.6) is 11.5 Å². The first-order valence-corrected chi connectivity index (χ1v) is 13.2. The van der Waals surface area contributed by atoms with Crippen LogP contribution in [0.4, 0.5) is 8.78 Å². The molecule has 0 radical (unpaired) electrons. The fourth-order valence-corrected chi connectivity index (χ4v) is 4.92. The minimum Gasteiger partial charge on any atom is -0.451 e. The molecule has 0 aromatic heterocycles. The first-order valence-electron chi connectivity index (χ1n) is 12.1. The van der Waals surface area contributed by atoms with Crippen molar-refractivity contribution in [3.8, 4) is 11.5 Å². The number of hydrogen-bond donors (Lipinski definition) is 2. The molecule has 0 saturated carbocycles. The van der Waals surface area contributed by atoms with E-state index in [2.05, 4.69) is 4.90 Å². The average molecular weight is 554 g/mol. The lowest BCUT2D eigenvalue weighted by atomic mass is 10.2. The quantitative estimate of drug-likeness (QED) is 0.322. The largest absolute Gasteiger partial charge is 0.451 e. The van der Waals surface area contributed by atoms with Gasteiger partial charge in [0.2, 0.25) is 5.91 Å². The molecule has 1 aliphatic heterocycles. The number of benzene rings is 2. The van der Waals surface area contributed by atoms with Crippen LogP contribution >= 0.6 is 0 Å². The third kappa shape index (κ3) is 8.27. The number of halogens is 2. The maximum atomic E-state index is 14.8. The molecule has 2 N–H and O–H groups in total. The van der Waals surface area contributed by atoms with Crippen LogP contribution in [0.1, 0.15) is 5.56 Å². The normalized spacial score (nSPS) is 15.3. The van der Waals surface area contributed by atoms with E-state index in [0.29, 0.717) is 0 Å². The van der Waals surface area contributed by atoms with Gasteiger partial charge in [0.25, 0.3) is 5.91 Å². The summed E-state index contributed by atoms with van der Waals surface area (Å²) in [5.41, 5.74) is 2.41. The predicted octanol–water partition coefficient (Wildman–Crippen LogP) is 1.60. The molecule has 0 bridgehead atoms. The Balaban J connectivity index is 1.68. The van der Waals surface area contributed by atoms with Crippen LogP contribution in [0.3, 0.4) is 0 Å². The van der Waals surface area contributed by atoms with E-state index in [-0.39, 0.29) is 36.2 Å². The number of hydrogen-bond acceptors (Lipinski definition) is 7. The van der Waals surface area contributed by atoms with Crippen molar-refractivity contribution in [2.24, 2.45) is 0 Å². The Morgan fingerprint density at radius 2 is 1.68 bits per heavy atom. The Labute approximate surface area is 223 Å². The summed E-state index contributed by atoms with van der Waals surface area (Å²) < 4.78 is 49.3. The molecule has 38 heavy (non-hydrogen) atoms. The molecule has 0 spiro atoms. The summed E-state index contributed by atoms with van der Waals surface area (Å²) in [7, 11) is 1.41. The highest BCUT2D eigenvalue weighted by molar-refractivity contribution is 7.82. The Bertz CT molecular complexity index is 1120. The molecule has 1 aliphatic rings. The molecule has 2 aromatic rings. The first kappa shape index (κ1) is 29.6. The van der Waals surface area contributed by atoms with Crippen LogP contribution in [-0.4, -0.2) is 107 Å². The number of hydroxylamine groups is 1. The van der Waals surface area contributed by atoms with Crippen molar-refractivity contribution in [3.63, 3.8) is 0 Å². The second kappa shape index (κ2) is 13.7. The van der Waals surface area contributed by atoms with Gasteiger partial charge in [-0.1, -0.05) is 17.7 Å². The zero-order chi connectivity index (χ0) is 27.8. The minimum absolute atomic E-state index is 0.0597. The number of carbonyl (C=O) groups is 2. The number of piperazine rings is 1. The van der Waals surface area contributed by atoms with Gasteiger partial charge in [-0.2, -0.15) is 0 Å². The zero-order valence-corrected chi connectivity index (χ0v) is 22.5. The van der Waals surface area contributed by atoms with Gasteiger partial charge in [-0.25, -0.2) is 22.8 Å². The van der Waals surface area contributed by atoms with E-state index in [9.17, 15) is 22.6 Å². The number of rotatable bonds is 11. The fourth-order valence-electron chi connectivity index (χ4n) is 3.73. The van der Waals surface area contributed by atoms with Crippen LogP contribution in [0.15, 0.2) is 41.3 Å². The van der Waals surface area contributed by atoms with E-state index in [1.54, 1.807) is 31.3 Å². The number of nitrogens with zero attached hydrogens (tertiary/aromatic N) is 4. The summed E-state index contributed by atoms with van der Waals surface area (Å²) in [6, 6.07) is 8.33. The lowest BCUT2D eigenvalue weighted by Crippen LogP contribution is -2.49. The SMILES string of the molecule is Cc1ccc(Oc2c(F)cc(S(=O)N(CCN(C)C(=O)CN3CCN(C)CC3)CC(=O)NO)cc2F)cc1. The van der Waals surface area contributed by atoms with Gasteiger partial charge in [-0.15, -0.1) is 0 Å². The average Bonchev–Trinajstić information content (AvgIpc) is 2.90. The molecule has 1 saturated heterocycles. The van der Waals surface area contributed by atoms with Crippen molar-refractivity contribution in [3.05, 3.63) is 53.6 Å². The second-order valence-corrected chi connectivity index (χ2v) is 10.7. The van der Waals surface area contributed by atoms with E-state index in [0.717, 1.165) is 48.2 Å². The van der Waals surface area contributed by atoms with E-state index in [4.69, 9.17) is 9.94 Å². The Hall–Kier alpha value is -2.97. The molecule has 2 aromatic carbocycles. The van der Waals surface area contributed by atoms with Gasteiger partial charge >= 0.3 is 0 Å². The summed E-state index contributed by atoms with van der Waals surface area (Å²) in [6.07, 6.45) is 0. The van der Waals surface area contributed by atoms with E-state index in [1.165, 1.54) is 10.4 Å². The summed E-state index contributed by atoms with van der Waals surface area (Å²) >= 11 is 0. The molecule has 1 fully saturated rings.